The number of nitrogen functional groups attached to an aromatic ring is 1. The van der Waals surface area contributed by atoms with E-state index in [1.807, 2.05) is 61.5 Å². The van der Waals surface area contributed by atoms with Crippen molar-refractivity contribution in [2.45, 2.75) is 25.9 Å². The normalized spacial score (nSPS) is 12.0. The maximum absolute atomic E-state index is 6.12. The molecular weight excluding hydrogens is 366 g/mol. The zero-order valence-electron chi connectivity index (χ0n) is 16.2. The van der Waals surface area contributed by atoms with Crippen LogP contribution in [0.2, 0.25) is 0 Å². The first-order chi connectivity index (χ1) is 14.2. The molecule has 6 nitrogen and oxygen atoms in total. The Morgan fingerprint density at radius 1 is 1.00 bits per heavy atom. The van der Waals surface area contributed by atoms with E-state index in [2.05, 4.69) is 10.1 Å². The van der Waals surface area contributed by atoms with Crippen LogP contribution in [-0.2, 0) is 0 Å². The van der Waals surface area contributed by atoms with Gasteiger partial charge in [0, 0.05) is 11.5 Å². The summed E-state index contributed by atoms with van der Waals surface area (Å²) in [5.41, 5.74) is 7.52. The average molecular weight is 389 g/mol. The summed E-state index contributed by atoms with van der Waals surface area (Å²) >= 11 is 0. The van der Waals surface area contributed by atoms with Gasteiger partial charge in [-0.05, 0) is 50.1 Å². The minimum Gasteiger partial charge on any atom is -0.493 e. The van der Waals surface area contributed by atoms with E-state index in [1.54, 1.807) is 12.3 Å². The summed E-state index contributed by atoms with van der Waals surface area (Å²) in [6, 6.07) is 19.2. The molecule has 2 heterocycles. The number of pyridine rings is 1. The van der Waals surface area contributed by atoms with Crippen molar-refractivity contribution in [2.24, 2.45) is 0 Å². The Labute approximate surface area is 169 Å². The van der Waals surface area contributed by atoms with Crippen LogP contribution in [0.1, 0.15) is 19.8 Å². The Bertz CT molecular complexity index is 1080. The van der Waals surface area contributed by atoms with Gasteiger partial charge < -0.3 is 19.7 Å². The number of fused-ring (bicyclic) bond motifs is 1. The summed E-state index contributed by atoms with van der Waals surface area (Å²) in [5.74, 6) is 2.71. The Morgan fingerprint density at radius 2 is 1.86 bits per heavy atom. The highest BCUT2D eigenvalue weighted by Crippen LogP contribution is 2.30. The lowest BCUT2D eigenvalue weighted by Gasteiger charge is -2.16. The second-order valence-corrected chi connectivity index (χ2v) is 6.86. The quantitative estimate of drug-likeness (QED) is 0.422. The lowest BCUT2D eigenvalue weighted by atomic mass is 10.1. The Balaban J connectivity index is 1.33. The molecule has 4 rings (SSSR count). The first-order valence-corrected chi connectivity index (χ1v) is 9.65. The molecule has 2 aromatic carbocycles. The number of nitrogens with two attached hydrogens (primary N) is 1. The van der Waals surface area contributed by atoms with Gasteiger partial charge in [0.05, 0.1) is 24.5 Å². The highest BCUT2D eigenvalue weighted by atomic mass is 16.5. The number of rotatable bonds is 8. The van der Waals surface area contributed by atoms with Crippen LogP contribution in [0.4, 0.5) is 5.82 Å². The van der Waals surface area contributed by atoms with Gasteiger partial charge in [-0.15, -0.1) is 0 Å². The van der Waals surface area contributed by atoms with E-state index in [1.165, 1.54) is 0 Å². The zero-order chi connectivity index (χ0) is 20.1. The van der Waals surface area contributed by atoms with E-state index >= 15 is 0 Å². The smallest absolute Gasteiger partial charge is 0.170 e. The van der Waals surface area contributed by atoms with Gasteiger partial charge >= 0.3 is 0 Å². The molecule has 0 aliphatic rings. The predicted octanol–water partition coefficient (Wildman–Crippen LogP) is 5.10. The molecule has 0 fully saturated rings. The van der Waals surface area contributed by atoms with Gasteiger partial charge in [0.2, 0.25) is 0 Å². The molecule has 4 aromatic rings. The monoisotopic (exact) mass is 389 g/mol. The first-order valence-electron chi connectivity index (χ1n) is 9.65. The standard InChI is InChI=1S/C23H23N3O3/c1-16(28-21-10-4-7-17-11-12-22(24)26-23(17)21)6-5-15-27-19-9-3-2-8-18(19)20-13-14-25-29-20/h2-4,7-14,16H,5-6,15H2,1H3,(H2,24,26). The summed E-state index contributed by atoms with van der Waals surface area (Å²) in [4.78, 5) is 4.41. The summed E-state index contributed by atoms with van der Waals surface area (Å²) in [5, 5.41) is 4.78. The highest BCUT2D eigenvalue weighted by Gasteiger charge is 2.11. The van der Waals surface area contributed by atoms with Crippen LogP contribution in [0, 0.1) is 0 Å². The lowest BCUT2D eigenvalue weighted by molar-refractivity contribution is 0.195. The fraction of sp³-hybridized carbons (Fsp3) is 0.217. The fourth-order valence-corrected chi connectivity index (χ4v) is 3.21. The number of aromatic nitrogens is 2. The molecule has 0 amide bonds. The van der Waals surface area contributed by atoms with Crippen LogP contribution in [-0.4, -0.2) is 22.9 Å². The van der Waals surface area contributed by atoms with Crippen LogP contribution in [0.25, 0.3) is 22.2 Å². The summed E-state index contributed by atoms with van der Waals surface area (Å²) in [7, 11) is 0. The van der Waals surface area contributed by atoms with Gasteiger partial charge in [0.15, 0.2) is 5.76 Å². The molecule has 29 heavy (non-hydrogen) atoms. The predicted molar refractivity (Wildman–Crippen MR) is 113 cm³/mol. The molecule has 0 aliphatic carbocycles. The van der Waals surface area contributed by atoms with Gasteiger partial charge in [0.25, 0.3) is 0 Å². The van der Waals surface area contributed by atoms with Gasteiger partial charge in [-0.2, -0.15) is 0 Å². The first kappa shape index (κ1) is 18.8. The van der Waals surface area contributed by atoms with Crippen LogP contribution >= 0.6 is 0 Å². The van der Waals surface area contributed by atoms with Crippen molar-refractivity contribution in [3.8, 4) is 22.8 Å². The van der Waals surface area contributed by atoms with Crippen molar-refractivity contribution in [1.82, 2.24) is 10.1 Å². The topological polar surface area (TPSA) is 83.4 Å². The Morgan fingerprint density at radius 3 is 2.72 bits per heavy atom. The number of anilines is 1. The molecule has 2 aromatic heterocycles. The Hall–Kier alpha value is -3.54. The Kier molecular flexibility index (Phi) is 5.61. The largest absolute Gasteiger partial charge is 0.493 e. The van der Waals surface area contributed by atoms with Gasteiger partial charge in [-0.1, -0.05) is 29.4 Å². The summed E-state index contributed by atoms with van der Waals surface area (Å²) in [6.45, 7) is 2.63. The number of benzene rings is 2. The molecule has 2 N–H and O–H groups in total. The van der Waals surface area contributed by atoms with E-state index in [9.17, 15) is 0 Å². The molecular formula is C23H23N3O3. The van der Waals surface area contributed by atoms with E-state index in [4.69, 9.17) is 19.7 Å². The number of hydrogen-bond donors (Lipinski definition) is 1. The summed E-state index contributed by atoms with van der Waals surface area (Å²) < 4.78 is 17.3. The fourth-order valence-electron chi connectivity index (χ4n) is 3.21. The van der Waals surface area contributed by atoms with Crippen LogP contribution < -0.4 is 15.2 Å². The van der Waals surface area contributed by atoms with Gasteiger partial charge in [-0.3, -0.25) is 0 Å². The van der Waals surface area contributed by atoms with Crippen LogP contribution in [0.15, 0.2) is 71.4 Å². The van der Waals surface area contributed by atoms with Gasteiger partial charge in [0.1, 0.15) is 22.8 Å². The molecule has 0 aliphatic heterocycles. The number of para-hydroxylation sites is 2. The SMILES string of the molecule is CC(CCCOc1ccccc1-c1ccno1)Oc1cccc2ccc(N)nc12. The minimum atomic E-state index is 0.0250. The third-order valence-corrected chi connectivity index (χ3v) is 4.64. The number of hydrogen-bond acceptors (Lipinski definition) is 6. The van der Waals surface area contributed by atoms with E-state index in [0.29, 0.717) is 18.2 Å². The molecule has 1 atom stereocenters. The maximum Gasteiger partial charge on any atom is 0.170 e. The molecule has 0 radical (unpaired) electrons. The second kappa shape index (κ2) is 8.65. The van der Waals surface area contributed by atoms with Crippen molar-refractivity contribution in [3.63, 3.8) is 0 Å². The van der Waals surface area contributed by atoms with Gasteiger partial charge in [-0.25, -0.2) is 4.98 Å². The van der Waals surface area contributed by atoms with Crippen molar-refractivity contribution >= 4 is 16.7 Å². The van der Waals surface area contributed by atoms with Crippen molar-refractivity contribution in [2.75, 3.05) is 12.3 Å². The molecule has 1 unspecified atom stereocenters. The lowest BCUT2D eigenvalue weighted by Crippen LogP contribution is -2.14. The molecule has 0 spiro atoms. The molecule has 0 saturated heterocycles. The van der Waals surface area contributed by atoms with Crippen molar-refractivity contribution < 1.29 is 14.0 Å². The number of ether oxygens (including phenoxy) is 2. The second-order valence-electron chi connectivity index (χ2n) is 6.86. The van der Waals surface area contributed by atoms with Crippen molar-refractivity contribution in [3.05, 3.63) is 66.9 Å². The molecule has 148 valence electrons. The van der Waals surface area contributed by atoms with E-state index in [-0.39, 0.29) is 6.10 Å². The van der Waals surface area contributed by atoms with Crippen LogP contribution in [0.3, 0.4) is 0 Å². The van der Waals surface area contributed by atoms with E-state index in [0.717, 1.165) is 40.8 Å². The van der Waals surface area contributed by atoms with Crippen LogP contribution in [0.5, 0.6) is 11.5 Å². The highest BCUT2D eigenvalue weighted by molar-refractivity contribution is 5.85. The van der Waals surface area contributed by atoms with E-state index < -0.39 is 0 Å². The minimum absolute atomic E-state index is 0.0250. The average Bonchev–Trinajstić information content (AvgIpc) is 3.27. The maximum atomic E-state index is 6.12. The third kappa shape index (κ3) is 4.48. The number of nitrogens with zero attached hydrogens (tertiary/aromatic N) is 2. The zero-order valence-corrected chi connectivity index (χ0v) is 16.2. The molecule has 0 saturated carbocycles. The molecule has 0 bridgehead atoms. The summed E-state index contributed by atoms with van der Waals surface area (Å²) in [6.07, 6.45) is 3.35. The third-order valence-electron chi connectivity index (χ3n) is 4.64. The molecule has 6 heteroatoms. The van der Waals surface area contributed by atoms with Crippen molar-refractivity contribution in [1.29, 1.82) is 0 Å².